The van der Waals surface area contributed by atoms with Gasteiger partial charge in [-0.1, -0.05) is 97.7 Å². The van der Waals surface area contributed by atoms with E-state index in [0.29, 0.717) is 25.2 Å². The highest BCUT2D eigenvalue weighted by Gasteiger charge is 2.17. The van der Waals surface area contributed by atoms with Crippen molar-refractivity contribution in [1.82, 2.24) is 5.32 Å². The first-order valence-corrected chi connectivity index (χ1v) is 17.3. The van der Waals surface area contributed by atoms with E-state index in [2.05, 4.69) is 55.3 Å². The van der Waals surface area contributed by atoms with Gasteiger partial charge in [-0.3, -0.25) is 4.79 Å². The largest absolute Gasteiger partial charge is 0.312 e. The lowest BCUT2D eigenvalue weighted by Gasteiger charge is -2.25. The molecule has 2 unspecified atom stereocenters. The third kappa shape index (κ3) is 17.0. The first-order chi connectivity index (χ1) is 21.2. The maximum absolute atomic E-state index is 12.9. The number of aryl methyl sites for hydroxylation is 2. The summed E-state index contributed by atoms with van der Waals surface area (Å²) in [7, 11) is 0. The van der Waals surface area contributed by atoms with Crippen molar-refractivity contribution in [3.05, 3.63) is 69.8 Å². The number of alkyl halides is 1. The minimum atomic E-state index is -0.688. The van der Waals surface area contributed by atoms with Crippen molar-refractivity contribution in [3.63, 3.8) is 0 Å². The van der Waals surface area contributed by atoms with Crippen molar-refractivity contribution in [2.75, 3.05) is 6.54 Å². The fourth-order valence-corrected chi connectivity index (χ4v) is 4.75. The number of hydrogen-bond donors (Lipinski definition) is 1. The van der Waals surface area contributed by atoms with E-state index < -0.39 is 6.17 Å². The summed E-state index contributed by atoms with van der Waals surface area (Å²) in [5, 5.41) is 11.1. The fraction of sp³-hybridized carbons (Fsp3) is 0.615. The van der Waals surface area contributed by atoms with Crippen LogP contribution >= 0.6 is 0 Å². The van der Waals surface area contributed by atoms with Gasteiger partial charge >= 0.3 is 0 Å². The molecule has 1 fully saturated rings. The molecular weight excluding hydrogens is 545 g/mol. The second kappa shape index (κ2) is 25.6. The standard InChI is InChI=1S/C19H29NO.C11H15F.C7H14N2.C2H6/c1-4-16-10-15(13-20-12-14-8-7-9-14)11-18(17(16)5-2)19(21)6-3;1-3-11(12)8-10-6-4-5-9(2)7-10;1-4-7(3)6-9-8-5-2;1-2/h10-11,14,20H,4-9,12-13H2,1-3H3;4-7,11H,3,8H2,1-2H3;5-7H,4H2,1-3H3;1-2H3/b;;8-5-,9-6-;. The average Bonchev–Trinajstić information content (AvgIpc) is 3.02. The van der Waals surface area contributed by atoms with E-state index in [1.54, 1.807) is 6.21 Å². The van der Waals surface area contributed by atoms with E-state index in [4.69, 9.17) is 0 Å². The summed E-state index contributed by atoms with van der Waals surface area (Å²) in [6.45, 7) is 22.3. The zero-order valence-corrected chi connectivity index (χ0v) is 29.8. The predicted octanol–water partition coefficient (Wildman–Crippen LogP) is 10.7. The molecule has 0 saturated heterocycles. The predicted molar refractivity (Wildman–Crippen MR) is 192 cm³/mol. The number of Topliss-reactive ketones (excluding diaryl/α,β-unsaturated/α-hetero) is 1. The van der Waals surface area contributed by atoms with Crippen LogP contribution in [0.4, 0.5) is 4.39 Å². The molecule has 0 amide bonds. The normalized spacial score (nSPS) is 14.0. The van der Waals surface area contributed by atoms with Crippen molar-refractivity contribution in [3.8, 4) is 0 Å². The van der Waals surface area contributed by atoms with Crippen LogP contribution in [0.1, 0.15) is 139 Å². The summed E-state index contributed by atoms with van der Waals surface area (Å²) in [6.07, 6.45) is 11.8. The van der Waals surface area contributed by atoms with Gasteiger partial charge in [0.15, 0.2) is 5.78 Å². The van der Waals surface area contributed by atoms with Gasteiger partial charge in [-0.2, -0.15) is 10.2 Å². The summed E-state index contributed by atoms with van der Waals surface area (Å²) in [6, 6.07) is 12.4. The number of benzene rings is 2. The third-order valence-corrected chi connectivity index (χ3v) is 7.87. The SMILES string of the molecule is C/C=N\N=C/C(C)CC.CC.CCC(=O)c1cc(CNCC2CCC2)cc(CC)c1CC.CCC(F)Cc1cccc(C)c1. The van der Waals surface area contributed by atoms with Gasteiger partial charge in [-0.05, 0) is 99.1 Å². The monoisotopic (exact) mass is 610 g/mol. The Morgan fingerprint density at radius 3 is 2.20 bits per heavy atom. The Kier molecular flexibility index (Phi) is 24.1. The first kappa shape index (κ1) is 41.3. The van der Waals surface area contributed by atoms with Gasteiger partial charge in [-0.25, -0.2) is 4.39 Å². The van der Waals surface area contributed by atoms with Crippen LogP contribution in [0.5, 0.6) is 0 Å². The molecule has 0 aliphatic heterocycles. The fourth-order valence-electron chi connectivity index (χ4n) is 4.75. The molecule has 2 atom stereocenters. The van der Waals surface area contributed by atoms with E-state index in [1.165, 1.54) is 41.5 Å². The minimum absolute atomic E-state index is 0.280. The number of nitrogens with zero attached hydrogens (tertiary/aromatic N) is 2. The molecule has 2 aromatic carbocycles. The molecule has 0 heterocycles. The van der Waals surface area contributed by atoms with Gasteiger partial charge in [0.1, 0.15) is 6.17 Å². The highest BCUT2D eigenvalue weighted by atomic mass is 19.1. The second-order valence-corrected chi connectivity index (χ2v) is 11.4. The summed E-state index contributed by atoms with van der Waals surface area (Å²) < 4.78 is 12.9. The molecule has 5 heteroatoms. The molecule has 44 heavy (non-hydrogen) atoms. The van der Waals surface area contributed by atoms with Crippen molar-refractivity contribution in [2.45, 2.75) is 140 Å². The molecule has 0 bridgehead atoms. The molecule has 1 N–H and O–H groups in total. The molecule has 3 rings (SSSR count). The highest BCUT2D eigenvalue weighted by Crippen LogP contribution is 2.26. The van der Waals surface area contributed by atoms with E-state index in [0.717, 1.165) is 49.4 Å². The first-order valence-electron chi connectivity index (χ1n) is 17.3. The molecule has 1 saturated carbocycles. The topological polar surface area (TPSA) is 53.8 Å². The Hall–Kier alpha value is -2.66. The molecule has 2 aromatic rings. The Morgan fingerprint density at radius 2 is 1.70 bits per heavy atom. The summed E-state index contributed by atoms with van der Waals surface area (Å²) in [5.74, 6) is 1.71. The molecular formula is C39H64FN3O. The number of nitrogens with one attached hydrogen (secondary N) is 1. The van der Waals surface area contributed by atoms with E-state index in [1.807, 2.05) is 72.0 Å². The van der Waals surface area contributed by atoms with Gasteiger partial charge in [0, 0.05) is 37.4 Å². The molecule has 0 spiro atoms. The van der Waals surface area contributed by atoms with Crippen LogP contribution in [0, 0.1) is 18.8 Å². The van der Waals surface area contributed by atoms with E-state index in [-0.39, 0.29) is 5.78 Å². The van der Waals surface area contributed by atoms with E-state index in [9.17, 15) is 9.18 Å². The molecule has 0 radical (unpaired) electrons. The highest BCUT2D eigenvalue weighted by molar-refractivity contribution is 5.97. The molecule has 1 aliphatic rings. The number of carbonyl (C=O) groups excluding carboxylic acids is 1. The van der Waals surface area contributed by atoms with Gasteiger partial charge in [0.05, 0.1) is 0 Å². The van der Waals surface area contributed by atoms with Crippen molar-refractivity contribution in [1.29, 1.82) is 0 Å². The molecule has 1 aliphatic carbocycles. The van der Waals surface area contributed by atoms with Crippen LogP contribution in [0.2, 0.25) is 0 Å². The summed E-state index contributed by atoms with van der Waals surface area (Å²) in [4.78, 5) is 12.2. The van der Waals surface area contributed by atoms with Gasteiger partial charge in [-0.15, -0.1) is 0 Å². The van der Waals surface area contributed by atoms with Gasteiger partial charge in [0.25, 0.3) is 0 Å². The summed E-state index contributed by atoms with van der Waals surface area (Å²) >= 11 is 0. The maximum atomic E-state index is 12.9. The number of rotatable bonds is 14. The van der Waals surface area contributed by atoms with Gasteiger partial charge in [0.2, 0.25) is 0 Å². The lowest BCUT2D eigenvalue weighted by Crippen LogP contribution is -2.27. The number of hydrogen-bond acceptors (Lipinski definition) is 4. The lowest BCUT2D eigenvalue weighted by molar-refractivity contribution is 0.0987. The maximum Gasteiger partial charge on any atom is 0.162 e. The molecule has 4 nitrogen and oxygen atoms in total. The van der Waals surface area contributed by atoms with Crippen LogP contribution in [-0.4, -0.2) is 30.9 Å². The minimum Gasteiger partial charge on any atom is -0.312 e. The van der Waals surface area contributed by atoms with Crippen LogP contribution in [0.25, 0.3) is 0 Å². The van der Waals surface area contributed by atoms with Crippen molar-refractivity contribution < 1.29 is 9.18 Å². The van der Waals surface area contributed by atoms with Crippen LogP contribution < -0.4 is 5.32 Å². The molecule has 0 aromatic heterocycles. The summed E-state index contributed by atoms with van der Waals surface area (Å²) in [5.41, 5.74) is 7.13. The Bertz CT molecular complexity index is 1090. The van der Waals surface area contributed by atoms with E-state index >= 15 is 0 Å². The quantitative estimate of drug-likeness (QED) is 0.132. The average molecular weight is 610 g/mol. The Balaban J connectivity index is 0.000000681. The zero-order chi connectivity index (χ0) is 33.3. The van der Waals surface area contributed by atoms with Crippen molar-refractivity contribution in [2.24, 2.45) is 22.0 Å². The number of ketones is 1. The third-order valence-electron chi connectivity index (χ3n) is 7.87. The smallest absolute Gasteiger partial charge is 0.162 e. The Labute approximate surface area is 270 Å². The van der Waals surface area contributed by atoms with Crippen LogP contribution in [-0.2, 0) is 25.8 Å². The lowest BCUT2D eigenvalue weighted by atomic mass is 9.85. The molecule has 248 valence electrons. The van der Waals surface area contributed by atoms with Crippen LogP contribution in [0.3, 0.4) is 0 Å². The van der Waals surface area contributed by atoms with Crippen molar-refractivity contribution >= 4 is 18.2 Å². The zero-order valence-electron chi connectivity index (χ0n) is 29.8. The second-order valence-electron chi connectivity index (χ2n) is 11.4. The van der Waals surface area contributed by atoms with Crippen LogP contribution in [0.15, 0.2) is 46.6 Å². The Morgan fingerprint density at radius 1 is 1.00 bits per heavy atom. The van der Waals surface area contributed by atoms with Gasteiger partial charge < -0.3 is 5.32 Å². The number of carbonyl (C=O) groups is 1. The number of halogens is 1.